The number of nitrogens with zero attached hydrogens (tertiary/aromatic N) is 2. The Balaban J connectivity index is 1.98. The molecule has 6 heteroatoms. The average molecular weight is 278 g/mol. The molecular formula is C14H15FN2O3. The van der Waals surface area contributed by atoms with Gasteiger partial charge in [0.2, 0.25) is 5.82 Å². The minimum Gasteiger partial charge on any atom is -0.507 e. The number of ether oxygens (including phenoxy) is 1. The molecular weight excluding hydrogens is 263 g/mol. The molecule has 0 spiro atoms. The molecule has 2 aromatic rings. The Morgan fingerprint density at radius 1 is 1.35 bits per heavy atom. The second-order valence-corrected chi connectivity index (χ2v) is 5.09. The van der Waals surface area contributed by atoms with Gasteiger partial charge < -0.3 is 14.4 Å². The number of aromatic nitrogens is 2. The Bertz CT molecular complexity index is 600. The molecule has 3 rings (SSSR count). The number of rotatable bonds is 2. The van der Waals surface area contributed by atoms with Crippen molar-refractivity contribution in [1.82, 2.24) is 10.1 Å². The summed E-state index contributed by atoms with van der Waals surface area (Å²) >= 11 is 0. The number of hydrogen-bond acceptors (Lipinski definition) is 5. The highest BCUT2D eigenvalue weighted by atomic mass is 19.1. The van der Waals surface area contributed by atoms with E-state index in [1.165, 1.54) is 18.2 Å². The van der Waals surface area contributed by atoms with Gasteiger partial charge in [-0.3, -0.25) is 0 Å². The fourth-order valence-corrected chi connectivity index (χ4v) is 2.37. The Kier molecular flexibility index (Phi) is 3.17. The summed E-state index contributed by atoms with van der Waals surface area (Å²) in [6.07, 6.45) is 2.81. The van der Waals surface area contributed by atoms with E-state index in [0.717, 1.165) is 19.3 Å². The Morgan fingerprint density at radius 3 is 2.90 bits per heavy atom. The average Bonchev–Trinajstić information content (AvgIpc) is 2.90. The van der Waals surface area contributed by atoms with Gasteiger partial charge in [-0.1, -0.05) is 11.2 Å². The van der Waals surface area contributed by atoms with Gasteiger partial charge in [0.1, 0.15) is 22.7 Å². The first-order valence-electron chi connectivity index (χ1n) is 6.56. The smallest absolute Gasteiger partial charge is 0.264 e. The third-order valence-electron chi connectivity index (χ3n) is 3.57. The molecule has 0 bridgehead atoms. The van der Waals surface area contributed by atoms with Crippen LogP contribution in [0.5, 0.6) is 5.75 Å². The second-order valence-electron chi connectivity index (χ2n) is 5.09. The van der Waals surface area contributed by atoms with Crippen LogP contribution in [0.1, 0.15) is 32.0 Å². The van der Waals surface area contributed by atoms with Crippen LogP contribution in [0.4, 0.5) is 4.39 Å². The highest BCUT2D eigenvalue weighted by molar-refractivity contribution is 5.62. The number of phenolic OH excluding ortho intramolecular Hbond substituents is 1. The van der Waals surface area contributed by atoms with Crippen molar-refractivity contribution < 1.29 is 18.8 Å². The van der Waals surface area contributed by atoms with E-state index in [1.54, 1.807) is 0 Å². The standard InChI is InChI=1S/C14H15FN2O3/c1-14(7-2-3-8-19-14)13-16-12(20-17-13)11-9(15)5-4-6-10(11)18/h4-6,18H,2-3,7-8H2,1H3. The fraction of sp³-hybridized carbons (Fsp3) is 0.429. The Hall–Kier alpha value is -1.95. The maximum Gasteiger partial charge on any atom is 0.264 e. The van der Waals surface area contributed by atoms with Crippen LogP contribution < -0.4 is 0 Å². The number of hydrogen-bond donors (Lipinski definition) is 1. The predicted molar refractivity (Wildman–Crippen MR) is 68.5 cm³/mol. The summed E-state index contributed by atoms with van der Waals surface area (Å²) in [5.74, 6) is -0.481. The molecule has 1 aromatic heterocycles. The van der Waals surface area contributed by atoms with E-state index in [4.69, 9.17) is 9.26 Å². The minimum absolute atomic E-state index is 0.0361. The summed E-state index contributed by atoms with van der Waals surface area (Å²) in [6, 6.07) is 4.02. The number of benzene rings is 1. The monoisotopic (exact) mass is 278 g/mol. The first-order chi connectivity index (χ1) is 9.60. The van der Waals surface area contributed by atoms with Crippen molar-refractivity contribution in [3.63, 3.8) is 0 Å². The summed E-state index contributed by atoms with van der Waals surface area (Å²) in [5, 5.41) is 13.6. The highest BCUT2D eigenvalue weighted by Crippen LogP contribution is 2.36. The van der Waals surface area contributed by atoms with Crippen molar-refractivity contribution in [2.45, 2.75) is 31.8 Å². The molecule has 0 radical (unpaired) electrons. The van der Waals surface area contributed by atoms with Crippen LogP contribution in [0, 0.1) is 5.82 Å². The van der Waals surface area contributed by atoms with E-state index < -0.39 is 11.4 Å². The molecule has 1 aliphatic heterocycles. The maximum absolute atomic E-state index is 13.8. The molecule has 1 unspecified atom stereocenters. The first kappa shape index (κ1) is 13.1. The molecule has 2 heterocycles. The summed E-state index contributed by atoms with van der Waals surface area (Å²) in [7, 11) is 0. The Labute approximate surface area is 115 Å². The van der Waals surface area contributed by atoms with E-state index in [0.29, 0.717) is 12.4 Å². The van der Waals surface area contributed by atoms with Gasteiger partial charge in [0.05, 0.1) is 0 Å². The van der Waals surface area contributed by atoms with Gasteiger partial charge in [0.15, 0.2) is 0 Å². The zero-order chi connectivity index (χ0) is 14.2. The lowest BCUT2D eigenvalue weighted by Gasteiger charge is -2.30. The molecule has 5 nitrogen and oxygen atoms in total. The summed E-state index contributed by atoms with van der Waals surface area (Å²) < 4.78 is 24.6. The summed E-state index contributed by atoms with van der Waals surface area (Å²) in [6.45, 7) is 2.54. The van der Waals surface area contributed by atoms with E-state index in [-0.39, 0.29) is 17.2 Å². The van der Waals surface area contributed by atoms with Crippen molar-refractivity contribution in [1.29, 1.82) is 0 Å². The van der Waals surface area contributed by atoms with Gasteiger partial charge in [-0.2, -0.15) is 4.98 Å². The van der Waals surface area contributed by atoms with Gasteiger partial charge in [-0.05, 0) is 38.3 Å². The van der Waals surface area contributed by atoms with E-state index in [2.05, 4.69) is 10.1 Å². The van der Waals surface area contributed by atoms with Crippen LogP contribution in [0.3, 0.4) is 0 Å². The largest absolute Gasteiger partial charge is 0.507 e. The molecule has 1 aromatic carbocycles. The van der Waals surface area contributed by atoms with Crippen molar-refractivity contribution >= 4 is 0 Å². The molecule has 0 amide bonds. The van der Waals surface area contributed by atoms with E-state index in [9.17, 15) is 9.50 Å². The van der Waals surface area contributed by atoms with Crippen LogP contribution in [0.25, 0.3) is 11.5 Å². The molecule has 0 aliphatic carbocycles. The quantitative estimate of drug-likeness (QED) is 0.914. The van der Waals surface area contributed by atoms with Crippen LogP contribution >= 0.6 is 0 Å². The van der Waals surface area contributed by atoms with Gasteiger partial charge in [0, 0.05) is 6.61 Å². The van der Waals surface area contributed by atoms with Gasteiger partial charge in [0.25, 0.3) is 5.89 Å². The topological polar surface area (TPSA) is 68.4 Å². The third-order valence-corrected chi connectivity index (χ3v) is 3.57. The SMILES string of the molecule is CC1(c2noc(-c3c(O)cccc3F)n2)CCCCO1. The van der Waals surface area contributed by atoms with Crippen molar-refractivity contribution in [2.75, 3.05) is 6.61 Å². The van der Waals surface area contributed by atoms with Gasteiger partial charge in [-0.25, -0.2) is 4.39 Å². The van der Waals surface area contributed by atoms with Crippen molar-refractivity contribution in [2.24, 2.45) is 0 Å². The lowest BCUT2D eigenvalue weighted by molar-refractivity contribution is -0.0770. The number of aromatic hydroxyl groups is 1. The fourth-order valence-electron chi connectivity index (χ4n) is 2.37. The number of phenols is 1. The molecule has 1 atom stereocenters. The highest BCUT2D eigenvalue weighted by Gasteiger charge is 2.35. The van der Waals surface area contributed by atoms with Gasteiger partial charge >= 0.3 is 0 Å². The molecule has 20 heavy (non-hydrogen) atoms. The molecule has 1 aliphatic rings. The lowest BCUT2D eigenvalue weighted by Crippen LogP contribution is -2.31. The third kappa shape index (κ3) is 2.16. The van der Waals surface area contributed by atoms with Crippen molar-refractivity contribution in [3.05, 3.63) is 29.8 Å². The van der Waals surface area contributed by atoms with E-state index in [1.807, 2.05) is 6.92 Å². The summed E-state index contributed by atoms with van der Waals surface area (Å²) in [4.78, 5) is 4.19. The van der Waals surface area contributed by atoms with Gasteiger partial charge in [-0.15, -0.1) is 0 Å². The van der Waals surface area contributed by atoms with Crippen molar-refractivity contribution in [3.8, 4) is 17.2 Å². The minimum atomic E-state index is -0.610. The molecule has 1 saturated heterocycles. The molecule has 106 valence electrons. The normalized spacial score (nSPS) is 22.9. The van der Waals surface area contributed by atoms with Crippen LogP contribution in [0.15, 0.2) is 22.7 Å². The zero-order valence-corrected chi connectivity index (χ0v) is 11.1. The van der Waals surface area contributed by atoms with Crippen LogP contribution in [0.2, 0.25) is 0 Å². The maximum atomic E-state index is 13.8. The predicted octanol–water partition coefficient (Wildman–Crippen LogP) is 3.00. The van der Waals surface area contributed by atoms with Crippen LogP contribution in [-0.4, -0.2) is 21.9 Å². The molecule has 1 N–H and O–H groups in total. The Morgan fingerprint density at radius 2 is 2.20 bits per heavy atom. The second kappa shape index (κ2) is 4.86. The van der Waals surface area contributed by atoms with Crippen LogP contribution in [-0.2, 0) is 10.3 Å². The first-order valence-corrected chi connectivity index (χ1v) is 6.56. The number of halogens is 1. The lowest BCUT2D eigenvalue weighted by atomic mass is 9.95. The molecule has 1 fully saturated rings. The van der Waals surface area contributed by atoms with E-state index >= 15 is 0 Å². The molecule has 0 saturated carbocycles. The summed E-state index contributed by atoms with van der Waals surface area (Å²) in [5.41, 5.74) is -0.688. The zero-order valence-electron chi connectivity index (χ0n) is 11.1.